The fourth-order valence-corrected chi connectivity index (χ4v) is 3.43. The van der Waals surface area contributed by atoms with Gasteiger partial charge in [-0.3, -0.25) is 19.7 Å². The number of fused-ring (bicyclic) bond motifs is 1. The van der Waals surface area contributed by atoms with Crippen molar-refractivity contribution in [2.75, 3.05) is 21.2 Å². The Bertz CT molecular complexity index is 1120. The van der Waals surface area contributed by atoms with Crippen LogP contribution in [0.5, 0.6) is 5.75 Å². The third-order valence-electron chi connectivity index (χ3n) is 4.04. The SMILES string of the molecule is CC1(C)Oc2cc(NS(C)(=O)=O)ccc2N(c2ccc(F)c(NC(=O)O)c2)C1=O. The van der Waals surface area contributed by atoms with Crippen molar-refractivity contribution in [3.8, 4) is 5.75 Å². The van der Waals surface area contributed by atoms with Crippen LogP contribution in [0, 0.1) is 5.82 Å². The number of carbonyl (C=O) groups is 2. The van der Waals surface area contributed by atoms with E-state index in [0.29, 0.717) is 5.69 Å². The Kier molecular flexibility index (Phi) is 4.87. The smallest absolute Gasteiger partial charge is 0.409 e. The van der Waals surface area contributed by atoms with E-state index in [1.54, 1.807) is 0 Å². The van der Waals surface area contributed by atoms with Gasteiger partial charge in [0.15, 0.2) is 5.60 Å². The second-order valence-electron chi connectivity index (χ2n) is 6.90. The number of hydrogen-bond donors (Lipinski definition) is 3. The van der Waals surface area contributed by atoms with Crippen molar-refractivity contribution in [1.82, 2.24) is 0 Å². The molecule has 3 N–H and O–H groups in total. The summed E-state index contributed by atoms with van der Waals surface area (Å²) in [5.41, 5.74) is -0.888. The maximum absolute atomic E-state index is 13.9. The molecule has 0 bridgehead atoms. The first-order chi connectivity index (χ1) is 13.4. The molecule has 29 heavy (non-hydrogen) atoms. The van der Waals surface area contributed by atoms with Crippen LogP contribution in [0.25, 0.3) is 0 Å². The van der Waals surface area contributed by atoms with Crippen LogP contribution in [-0.4, -0.2) is 37.4 Å². The molecule has 0 unspecified atom stereocenters. The van der Waals surface area contributed by atoms with E-state index in [0.717, 1.165) is 12.3 Å². The molecule has 0 saturated heterocycles. The van der Waals surface area contributed by atoms with Crippen LogP contribution in [0.1, 0.15) is 13.8 Å². The Morgan fingerprint density at radius 3 is 2.52 bits per heavy atom. The number of carbonyl (C=O) groups excluding carboxylic acids is 1. The van der Waals surface area contributed by atoms with E-state index in [9.17, 15) is 22.4 Å². The summed E-state index contributed by atoms with van der Waals surface area (Å²) in [5, 5.41) is 10.8. The van der Waals surface area contributed by atoms with Crippen molar-refractivity contribution >= 4 is 44.8 Å². The number of amides is 2. The first kappa shape index (κ1) is 20.4. The van der Waals surface area contributed by atoms with Crippen LogP contribution in [0.4, 0.5) is 31.9 Å². The van der Waals surface area contributed by atoms with E-state index in [-0.39, 0.29) is 22.8 Å². The van der Waals surface area contributed by atoms with Gasteiger partial charge in [0.2, 0.25) is 10.0 Å². The zero-order valence-corrected chi connectivity index (χ0v) is 16.5. The summed E-state index contributed by atoms with van der Waals surface area (Å²) >= 11 is 0. The van der Waals surface area contributed by atoms with Gasteiger partial charge < -0.3 is 9.84 Å². The molecule has 0 aromatic heterocycles. The molecule has 0 radical (unpaired) electrons. The van der Waals surface area contributed by atoms with Crippen molar-refractivity contribution in [1.29, 1.82) is 0 Å². The number of sulfonamides is 1. The van der Waals surface area contributed by atoms with Crippen molar-refractivity contribution < 1.29 is 32.2 Å². The fourth-order valence-electron chi connectivity index (χ4n) is 2.88. The quantitative estimate of drug-likeness (QED) is 0.694. The number of carboxylic acid groups (broad SMARTS) is 1. The number of nitrogens with one attached hydrogen (secondary N) is 2. The molecule has 0 fully saturated rings. The van der Waals surface area contributed by atoms with Crippen molar-refractivity contribution in [3.63, 3.8) is 0 Å². The molecule has 1 heterocycles. The molecule has 154 valence electrons. The van der Waals surface area contributed by atoms with E-state index in [1.807, 2.05) is 5.32 Å². The van der Waals surface area contributed by atoms with Crippen LogP contribution in [0.3, 0.4) is 0 Å². The minimum absolute atomic E-state index is 0.210. The molecule has 2 aromatic carbocycles. The molecule has 0 spiro atoms. The van der Waals surface area contributed by atoms with Gasteiger partial charge in [0.1, 0.15) is 11.6 Å². The highest BCUT2D eigenvalue weighted by atomic mass is 32.2. The van der Waals surface area contributed by atoms with E-state index in [4.69, 9.17) is 9.84 Å². The molecular weight excluding hydrogens is 405 g/mol. The van der Waals surface area contributed by atoms with Gasteiger partial charge in [0.25, 0.3) is 5.91 Å². The second kappa shape index (κ2) is 6.92. The Balaban J connectivity index is 2.12. The minimum atomic E-state index is -3.52. The normalized spacial score (nSPS) is 15.3. The lowest BCUT2D eigenvalue weighted by Crippen LogP contribution is -2.50. The Morgan fingerprint density at radius 2 is 1.90 bits per heavy atom. The molecule has 9 nitrogen and oxygen atoms in total. The van der Waals surface area contributed by atoms with Crippen LogP contribution in [0.2, 0.25) is 0 Å². The second-order valence-corrected chi connectivity index (χ2v) is 8.65. The lowest BCUT2D eigenvalue weighted by molar-refractivity contribution is -0.131. The molecular formula is C18H18FN3O6S. The monoisotopic (exact) mass is 423 g/mol. The molecule has 0 aliphatic carbocycles. The molecule has 1 aliphatic rings. The summed E-state index contributed by atoms with van der Waals surface area (Å²) < 4.78 is 45.0. The minimum Gasteiger partial charge on any atom is -0.476 e. The van der Waals surface area contributed by atoms with Gasteiger partial charge in [-0.15, -0.1) is 0 Å². The summed E-state index contributed by atoms with van der Waals surface area (Å²) in [6.07, 6.45) is -0.450. The first-order valence-corrected chi connectivity index (χ1v) is 10.2. The van der Waals surface area contributed by atoms with Gasteiger partial charge in [-0.2, -0.15) is 0 Å². The summed E-state index contributed by atoms with van der Waals surface area (Å²) in [4.78, 5) is 25.2. The van der Waals surface area contributed by atoms with E-state index < -0.39 is 33.4 Å². The maximum atomic E-state index is 13.9. The lowest BCUT2D eigenvalue weighted by Gasteiger charge is -2.39. The maximum Gasteiger partial charge on any atom is 0.409 e. The number of benzene rings is 2. The van der Waals surface area contributed by atoms with E-state index in [2.05, 4.69) is 4.72 Å². The fraction of sp³-hybridized carbons (Fsp3) is 0.222. The zero-order valence-electron chi connectivity index (χ0n) is 15.7. The van der Waals surface area contributed by atoms with E-state index in [1.165, 1.54) is 49.1 Å². The summed E-state index contributed by atoms with van der Waals surface area (Å²) in [6.45, 7) is 3.06. The van der Waals surface area contributed by atoms with Crippen molar-refractivity contribution in [2.24, 2.45) is 0 Å². The van der Waals surface area contributed by atoms with Gasteiger partial charge in [-0.1, -0.05) is 0 Å². The largest absolute Gasteiger partial charge is 0.476 e. The average Bonchev–Trinajstić information content (AvgIpc) is 2.56. The molecule has 0 atom stereocenters. The number of halogens is 1. The number of nitrogens with zero attached hydrogens (tertiary/aromatic N) is 1. The lowest BCUT2D eigenvalue weighted by atomic mass is 10.0. The molecule has 0 saturated carbocycles. The van der Waals surface area contributed by atoms with Crippen molar-refractivity contribution in [3.05, 3.63) is 42.2 Å². The highest BCUT2D eigenvalue weighted by molar-refractivity contribution is 7.92. The third kappa shape index (κ3) is 4.24. The first-order valence-electron chi connectivity index (χ1n) is 8.32. The molecule has 11 heteroatoms. The highest BCUT2D eigenvalue weighted by Crippen LogP contribution is 2.44. The predicted octanol–water partition coefficient (Wildman–Crippen LogP) is 3.12. The Hall–Kier alpha value is -3.34. The van der Waals surface area contributed by atoms with Crippen LogP contribution < -0.4 is 19.7 Å². The summed E-state index contributed by atoms with van der Waals surface area (Å²) in [6, 6.07) is 7.90. The Labute approximate surface area is 166 Å². The summed E-state index contributed by atoms with van der Waals surface area (Å²) in [5.74, 6) is -1.05. The number of anilines is 4. The standard InChI is InChI=1S/C18H18FN3O6S/c1-18(2)16(23)22(11-5-6-12(19)13(9-11)20-17(24)25)14-7-4-10(8-15(14)28-18)21-29(3,26)27/h4-9,20-21H,1-3H3,(H,24,25). The van der Waals surface area contributed by atoms with Crippen LogP contribution in [0.15, 0.2) is 36.4 Å². The highest BCUT2D eigenvalue weighted by Gasteiger charge is 2.42. The Morgan fingerprint density at radius 1 is 1.21 bits per heavy atom. The summed E-state index contributed by atoms with van der Waals surface area (Å²) in [7, 11) is -3.52. The molecule has 3 rings (SSSR count). The average molecular weight is 423 g/mol. The van der Waals surface area contributed by atoms with Gasteiger partial charge in [-0.25, -0.2) is 17.6 Å². The third-order valence-corrected chi connectivity index (χ3v) is 4.64. The van der Waals surface area contributed by atoms with Gasteiger partial charge in [0, 0.05) is 6.07 Å². The van der Waals surface area contributed by atoms with Crippen LogP contribution in [-0.2, 0) is 14.8 Å². The van der Waals surface area contributed by atoms with Gasteiger partial charge in [-0.05, 0) is 44.2 Å². The van der Waals surface area contributed by atoms with Crippen LogP contribution >= 0.6 is 0 Å². The molecule has 2 amide bonds. The molecule has 1 aliphatic heterocycles. The van der Waals surface area contributed by atoms with E-state index >= 15 is 0 Å². The van der Waals surface area contributed by atoms with Crippen molar-refractivity contribution in [2.45, 2.75) is 19.4 Å². The van der Waals surface area contributed by atoms with Gasteiger partial charge >= 0.3 is 6.09 Å². The zero-order chi connectivity index (χ0) is 21.6. The topological polar surface area (TPSA) is 125 Å². The molecule has 2 aromatic rings. The number of ether oxygens (including phenoxy) is 1. The number of hydrogen-bond acceptors (Lipinski definition) is 5. The number of rotatable bonds is 4. The predicted molar refractivity (Wildman–Crippen MR) is 105 cm³/mol. The van der Waals surface area contributed by atoms with Gasteiger partial charge in [0.05, 0.1) is 29.0 Å².